The highest BCUT2D eigenvalue weighted by atomic mass is 35.5. The lowest BCUT2D eigenvalue weighted by molar-refractivity contribution is 0.0648. The second-order valence-electron chi connectivity index (χ2n) is 6.70. The fraction of sp³-hybridized carbons (Fsp3) is 0.500. The summed E-state index contributed by atoms with van der Waals surface area (Å²) in [6.45, 7) is 5.27. The first-order valence-electron chi connectivity index (χ1n) is 8.87. The number of nitrogens with zero attached hydrogens (tertiary/aromatic N) is 4. The van der Waals surface area contributed by atoms with Crippen molar-refractivity contribution in [2.45, 2.75) is 39.2 Å². The second-order valence-corrected chi connectivity index (χ2v) is 7.51. The van der Waals surface area contributed by atoms with Crippen LogP contribution in [-0.4, -0.2) is 44.7 Å². The molecule has 1 aliphatic rings. The molecule has 2 heterocycles. The van der Waals surface area contributed by atoms with Crippen molar-refractivity contribution in [3.63, 3.8) is 0 Å². The van der Waals surface area contributed by atoms with Gasteiger partial charge in [0, 0.05) is 25.6 Å². The maximum atomic E-state index is 12.9. The van der Waals surface area contributed by atoms with E-state index < -0.39 is 0 Å². The number of nitrogens with two attached hydrogens (primary N) is 1. The number of amides is 1. The Bertz CT molecular complexity index is 788. The summed E-state index contributed by atoms with van der Waals surface area (Å²) in [5.41, 5.74) is 6.57. The minimum absolute atomic E-state index is 0. The van der Waals surface area contributed by atoms with Crippen LogP contribution in [0.15, 0.2) is 18.2 Å². The highest BCUT2D eigenvalue weighted by Crippen LogP contribution is 2.29. The second kappa shape index (κ2) is 9.24. The normalized spacial score (nSPS) is 18.1. The van der Waals surface area contributed by atoms with E-state index in [1.165, 1.54) is 0 Å². The Morgan fingerprint density at radius 3 is 2.63 bits per heavy atom. The third-order valence-electron chi connectivity index (χ3n) is 4.82. The van der Waals surface area contributed by atoms with Gasteiger partial charge in [-0.1, -0.05) is 36.2 Å². The maximum Gasteiger partial charge on any atom is 0.293 e. The number of aryl methyl sites for hydroxylation is 1. The highest BCUT2D eigenvalue weighted by Gasteiger charge is 2.29. The summed E-state index contributed by atoms with van der Waals surface area (Å²) in [7, 11) is 0. The van der Waals surface area contributed by atoms with Crippen molar-refractivity contribution in [3.05, 3.63) is 39.9 Å². The van der Waals surface area contributed by atoms with Crippen LogP contribution >= 0.6 is 35.6 Å². The van der Waals surface area contributed by atoms with Crippen LogP contribution in [0.3, 0.4) is 0 Å². The standard InChI is InChI=1S/C18H23Cl2N5O.ClH/c1-3-15-22-17(18(26)24-9-5-6-12(10-24)11(2)21)23-25(15)16-13(19)7-4-8-14(16)20;/h4,7-8,11-12H,3,5-6,9-10,21H2,1-2H3;1H. The molecular formula is C18H24Cl3N5O. The van der Waals surface area contributed by atoms with Crippen LogP contribution in [-0.2, 0) is 6.42 Å². The van der Waals surface area contributed by atoms with Gasteiger partial charge in [0.25, 0.3) is 5.91 Å². The minimum Gasteiger partial charge on any atom is -0.336 e. The monoisotopic (exact) mass is 431 g/mol. The molecule has 1 aromatic heterocycles. The summed E-state index contributed by atoms with van der Waals surface area (Å²) in [4.78, 5) is 19.2. The van der Waals surface area contributed by atoms with Gasteiger partial charge >= 0.3 is 0 Å². The molecule has 1 amide bonds. The van der Waals surface area contributed by atoms with E-state index in [9.17, 15) is 4.79 Å². The van der Waals surface area contributed by atoms with Gasteiger partial charge in [0.05, 0.1) is 10.0 Å². The number of hydrogen-bond donors (Lipinski definition) is 1. The number of para-hydroxylation sites is 1. The van der Waals surface area contributed by atoms with E-state index in [1.54, 1.807) is 27.8 Å². The number of aromatic nitrogens is 3. The Morgan fingerprint density at radius 1 is 1.37 bits per heavy atom. The largest absolute Gasteiger partial charge is 0.336 e. The molecule has 2 atom stereocenters. The number of hydrogen-bond acceptors (Lipinski definition) is 4. The van der Waals surface area contributed by atoms with Crippen LogP contribution in [0.2, 0.25) is 10.0 Å². The Kier molecular flexibility index (Phi) is 7.51. The predicted molar refractivity (Wildman–Crippen MR) is 110 cm³/mol. The Balaban J connectivity index is 0.00000261. The fourth-order valence-electron chi connectivity index (χ4n) is 3.30. The van der Waals surface area contributed by atoms with Crippen molar-refractivity contribution in [2.24, 2.45) is 11.7 Å². The van der Waals surface area contributed by atoms with Gasteiger partial charge in [-0.25, -0.2) is 9.67 Å². The number of carbonyl (C=O) groups excluding carboxylic acids is 1. The molecule has 0 spiro atoms. The van der Waals surface area contributed by atoms with Crippen LogP contribution in [0.5, 0.6) is 0 Å². The molecule has 1 fully saturated rings. The quantitative estimate of drug-likeness (QED) is 0.798. The number of piperidine rings is 1. The zero-order valence-electron chi connectivity index (χ0n) is 15.4. The van der Waals surface area contributed by atoms with E-state index in [1.807, 2.05) is 13.8 Å². The van der Waals surface area contributed by atoms with Crippen LogP contribution in [0.25, 0.3) is 5.69 Å². The molecule has 148 valence electrons. The van der Waals surface area contributed by atoms with Crippen LogP contribution in [0, 0.1) is 5.92 Å². The molecule has 2 aromatic rings. The number of likely N-dealkylation sites (tertiary alicyclic amines) is 1. The average Bonchev–Trinajstić information content (AvgIpc) is 3.05. The Labute approximate surface area is 175 Å². The van der Waals surface area contributed by atoms with E-state index in [2.05, 4.69) is 10.1 Å². The maximum absolute atomic E-state index is 12.9. The summed E-state index contributed by atoms with van der Waals surface area (Å²) in [5.74, 6) is 0.942. The topological polar surface area (TPSA) is 77.0 Å². The van der Waals surface area contributed by atoms with Crippen molar-refractivity contribution < 1.29 is 4.79 Å². The van der Waals surface area contributed by atoms with E-state index >= 15 is 0 Å². The zero-order valence-corrected chi connectivity index (χ0v) is 17.7. The smallest absolute Gasteiger partial charge is 0.293 e. The van der Waals surface area contributed by atoms with Crippen LogP contribution in [0.4, 0.5) is 0 Å². The zero-order chi connectivity index (χ0) is 18.8. The fourth-order valence-corrected chi connectivity index (χ4v) is 3.86. The molecule has 9 heteroatoms. The highest BCUT2D eigenvalue weighted by molar-refractivity contribution is 6.37. The van der Waals surface area contributed by atoms with Crippen molar-refractivity contribution in [2.75, 3.05) is 13.1 Å². The first-order chi connectivity index (χ1) is 12.4. The van der Waals surface area contributed by atoms with Gasteiger partial charge in [0.2, 0.25) is 5.82 Å². The molecule has 27 heavy (non-hydrogen) atoms. The third-order valence-corrected chi connectivity index (χ3v) is 5.43. The minimum atomic E-state index is -0.174. The molecule has 3 rings (SSSR count). The third kappa shape index (κ3) is 4.57. The Morgan fingerprint density at radius 2 is 2.04 bits per heavy atom. The molecule has 0 saturated carbocycles. The molecule has 2 unspecified atom stereocenters. The van der Waals surface area contributed by atoms with E-state index in [0.29, 0.717) is 47.0 Å². The first-order valence-corrected chi connectivity index (χ1v) is 9.63. The van der Waals surface area contributed by atoms with Crippen molar-refractivity contribution in [3.8, 4) is 5.69 Å². The predicted octanol–water partition coefficient (Wildman–Crippen LogP) is 3.76. The summed E-state index contributed by atoms with van der Waals surface area (Å²) in [6, 6.07) is 5.31. The van der Waals surface area contributed by atoms with Gasteiger partial charge in [-0.15, -0.1) is 17.5 Å². The van der Waals surface area contributed by atoms with Crippen molar-refractivity contribution in [1.82, 2.24) is 19.7 Å². The average molecular weight is 433 g/mol. The van der Waals surface area contributed by atoms with Gasteiger partial charge in [0.1, 0.15) is 11.5 Å². The lowest BCUT2D eigenvalue weighted by Crippen LogP contribution is -2.45. The lowest BCUT2D eigenvalue weighted by Gasteiger charge is -2.33. The van der Waals surface area contributed by atoms with Crippen LogP contribution < -0.4 is 5.73 Å². The molecule has 1 saturated heterocycles. The van der Waals surface area contributed by atoms with E-state index in [-0.39, 0.29) is 30.2 Å². The van der Waals surface area contributed by atoms with Gasteiger partial charge in [-0.2, -0.15) is 0 Å². The summed E-state index contributed by atoms with van der Waals surface area (Å²) < 4.78 is 1.57. The first kappa shape index (κ1) is 22.0. The van der Waals surface area contributed by atoms with E-state index in [4.69, 9.17) is 28.9 Å². The molecule has 1 aromatic carbocycles. The lowest BCUT2D eigenvalue weighted by atomic mass is 9.92. The van der Waals surface area contributed by atoms with Crippen LogP contribution in [0.1, 0.15) is 43.1 Å². The molecule has 0 radical (unpaired) electrons. The molecule has 0 bridgehead atoms. The van der Waals surface area contributed by atoms with Crippen molar-refractivity contribution >= 4 is 41.5 Å². The van der Waals surface area contributed by atoms with Gasteiger partial charge in [-0.3, -0.25) is 4.79 Å². The SMILES string of the molecule is CCc1nc(C(=O)N2CCCC(C(C)N)C2)nn1-c1c(Cl)cccc1Cl.Cl. The van der Waals surface area contributed by atoms with Gasteiger partial charge in [-0.05, 0) is 37.8 Å². The summed E-state index contributed by atoms with van der Waals surface area (Å²) in [6.07, 6.45) is 2.58. The van der Waals surface area contributed by atoms with E-state index in [0.717, 1.165) is 12.8 Å². The molecule has 2 N–H and O–H groups in total. The summed E-state index contributed by atoms with van der Waals surface area (Å²) >= 11 is 12.6. The molecule has 6 nitrogen and oxygen atoms in total. The Hall–Kier alpha value is -1.34. The van der Waals surface area contributed by atoms with Gasteiger partial charge in [0.15, 0.2) is 0 Å². The molecular weight excluding hydrogens is 409 g/mol. The van der Waals surface area contributed by atoms with Crippen molar-refractivity contribution in [1.29, 1.82) is 0 Å². The molecule has 0 aliphatic carbocycles. The van der Waals surface area contributed by atoms with Gasteiger partial charge < -0.3 is 10.6 Å². The number of benzene rings is 1. The number of rotatable bonds is 4. The molecule has 1 aliphatic heterocycles. The summed E-state index contributed by atoms with van der Waals surface area (Å²) in [5, 5.41) is 5.36. The number of carbonyl (C=O) groups is 1. The number of halogens is 3.